The Hall–Kier alpha value is -2.42. The Morgan fingerprint density at radius 2 is 1.87 bits per heavy atom. The van der Waals surface area contributed by atoms with Gasteiger partial charge in [0.1, 0.15) is 6.54 Å². The molecule has 0 spiro atoms. The molecule has 0 saturated heterocycles. The van der Waals surface area contributed by atoms with E-state index in [-0.39, 0.29) is 0 Å². The van der Waals surface area contributed by atoms with Crippen LogP contribution in [0.15, 0.2) is 28.7 Å². The molecule has 0 unspecified atom stereocenters. The van der Waals surface area contributed by atoms with Gasteiger partial charge in [-0.05, 0) is 35.0 Å². The number of imide groups is 1. The molecular formula is C14H15BrN2O6. The second-order valence-electron chi connectivity index (χ2n) is 4.28. The highest BCUT2D eigenvalue weighted by Gasteiger charge is 2.20. The zero-order chi connectivity index (χ0) is 17.4. The van der Waals surface area contributed by atoms with Gasteiger partial charge in [-0.1, -0.05) is 12.1 Å². The lowest BCUT2D eigenvalue weighted by Gasteiger charge is -2.13. The van der Waals surface area contributed by atoms with Crippen LogP contribution in [-0.2, 0) is 19.1 Å². The molecule has 0 radical (unpaired) electrons. The molecule has 0 aliphatic rings. The molecule has 1 aromatic carbocycles. The van der Waals surface area contributed by atoms with Gasteiger partial charge in [-0.25, -0.2) is 4.79 Å². The Morgan fingerprint density at radius 3 is 2.48 bits per heavy atom. The predicted octanol–water partition coefficient (Wildman–Crippen LogP) is 0.993. The highest BCUT2D eigenvalue weighted by Crippen LogP contribution is 2.15. The van der Waals surface area contributed by atoms with Crippen molar-refractivity contribution in [1.29, 1.82) is 0 Å². The summed E-state index contributed by atoms with van der Waals surface area (Å²) in [6.45, 7) is 0.863. The number of methoxy groups -OCH3 is 1. The van der Waals surface area contributed by atoms with Gasteiger partial charge in [-0.3, -0.25) is 19.7 Å². The molecule has 0 aromatic heterocycles. The van der Waals surface area contributed by atoms with Crippen molar-refractivity contribution >= 4 is 39.8 Å². The molecule has 2 N–H and O–H groups in total. The van der Waals surface area contributed by atoms with Gasteiger partial charge in [0.2, 0.25) is 0 Å². The van der Waals surface area contributed by atoms with E-state index in [0.717, 1.165) is 7.11 Å². The average Bonchev–Trinajstić information content (AvgIpc) is 2.52. The third-order valence-corrected chi connectivity index (χ3v) is 3.29. The number of carbonyl (C=O) groups excluding carboxylic acids is 4. The van der Waals surface area contributed by atoms with Crippen LogP contribution >= 0.6 is 15.9 Å². The first-order valence-electron chi connectivity index (χ1n) is 6.46. The van der Waals surface area contributed by atoms with E-state index in [1.54, 1.807) is 24.3 Å². The zero-order valence-corrected chi connectivity index (χ0v) is 14.0. The summed E-state index contributed by atoms with van der Waals surface area (Å²) in [5, 5.41) is 4.23. The SMILES string of the molecule is COC(=O)NC(=O)[C@H](C)OC(=O)CNC(=O)c1ccccc1Br. The molecule has 0 heterocycles. The van der Waals surface area contributed by atoms with Crippen LogP contribution in [0.3, 0.4) is 0 Å². The maximum absolute atomic E-state index is 11.9. The third kappa shape index (κ3) is 6.07. The van der Waals surface area contributed by atoms with Crippen molar-refractivity contribution < 1.29 is 28.7 Å². The smallest absolute Gasteiger partial charge is 0.413 e. The van der Waals surface area contributed by atoms with Crippen LogP contribution in [0.5, 0.6) is 0 Å². The highest BCUT2D eigenvalue weighted by molar-refractivity contribution is 9.10. The normalized spacial score (nSPS) is 11.1. The first-order valence-corrected chi connectivity index (χ1v) is 7.25. The maximum atomic E-state index is 11.9. The quantitative estimate of drug-likeness (QED) is 0.730. The van der Waals surface area contributed by atoms with E-state index in [1.807, 2.05) is 5.32 Å². The van der Waals surface area contributed by atoms with E-state index in [4.69, 9.17) is 4.74 Å². The minimum absolute atomic E-state index is 0.358. The van der Waals surface area contributed by atoms with E-state index in [9.17, 15) is 19.2 Å². The van der Waals surface area contributed by atoms with Gasteiger partial charge in [-0.2, -0.15) is 0 Å². The number of carbonyl (C=O) groups is 4. The number of nitrogens with one attached hydrogen (secondary N) is 2. The van der Waals surface area contributed by atoms with E-state index >= 15 is 0 Å². The Balaban J connectivity index is 2.45. The van der Waals surface area contributed by atoms with Gasteiger partial charge in [0.25, 0.3) is 11.8 Å². The second kappa shape index (κ2) is 8.89. The maximum Gasteiger partial charge on any atom is 0.413 e. The molecule has 0 aliphatic carbocycles. The molecule has 124 valence electrons. The molecule has 0 fully saturated rings. The van der Waals surface area contributed by atoms with Crippen molar-refractivity contribution in [2.75, 3.05) is 13.7 Å². The molecule has 1 aromatic rings. The summed E-state index contributed by atoms with van der Waals surface area (Å²) in [6.07, 6.45) is -2.16. The number of alkyl carbamates (subject to hydrolysis) is 1. The number of ether oxygens (including phenoxy) is 2. The minimum atomic E-state index is -1.21. The number of rotatable bonds is 5. The molecule has 0 saturated carbocycles. The fourth-order valence-corrected chi connectivity index (χ4v) is 1.90. The molecular weight excluding hydrogens is 372 g/mol. The summed E-state index contributed by atoms with van der Waals surface area (Å²) < 4.78 is 9.61. The van der Waals surface area contributed by atoms with Gasteiger partial charge < -0.3 is 14.8 Å². The topological polar surface area (TPSA) is 111 Å². The number of halogens is 1. The molecule has 8 nitrogen and oxygen atoms in total. The van der Waals surface area contributed by atoms with E-state index in [0.29, 0.717) is 10.0 Å². The van der Waals surface area contributed by atoms with Gasteiger partial charge in [0, 0.05) is 4.47 Å². The van der Waals surface area contributed by atoms with Crippen LogP contribution in [0.25, 0.3) is 0 Å². The van der Waals surface area contributed by atoms with Crippen molar-refractivity contribution in [3.8, 4) is 0 Å². The van der Waals surface area contributed by atoms with Crippen LogP contribution in [0.1, 0.15) is 17.3 Å². The highest BCUT2D eigenvalue weighted by atomic mass is 79.9. The lowest BCUT2D eigenvalue weighted by atomic mass is 10.2. The van der Waals surface area contributed by atoms with Gasteiger partial charge in [-0.15, -0.1) is 0 Å². The van der Waals surface area contributed by atoms with E-state index < -0.39 is 36.5 Å². The molecule has 3 amide bonds. The van der Waals surface area contributed by atoms with Gasteiger partial charge in [0.15, 0.2) is 6.10 Å². The van der Waals surface area contributed by atoms with Crippen molar-refractivity contribution in [2.45, 2.75) is 13.0 Å². The molecule has 1 rings (SSSR count). The standard InChI is InChI=1S/C14H15BrN2O6/c1-8(12(19)17-14(21)22-2)23-11(18)7-16-13(20)9-5-3-4-6-10(9)15/h3-6,8H,7H2,1-2H3,(H,16,20)(H,17,19,21)/t8-/m0/s1. The lowest BCUT2D eigenvalue weighted by Crippen LogP contribution is -2.41. The van der Waals surface area contributed by atoms with Gasteiger partial charge in [0.05, 0.1) is 12.7 Å². The third-order valence-electron chi connectivity index (χ3n) is 2.60. The number of benzene rings is 1. The second-order valence-corrected chi connectivity index (χ2v) is 5.13. The van der Waals surface area contributed by atoms with Crippen molar-refractivity contribution in [3.05, 3.63) is 34.3 Å². The van der Waals surface area contributed by atoms with Crippen molar-refractivity contribution in [1.82, 2.24) is 10.6 Å². The monoisotopic (exact) mass is 386 g/mol. The number of amides is 3. The van der Waals surface area contributed by atoms with Crippen LogP contribution in [0.2, 0.25) is 0 Å². The molecule has 23 heavy (non-hydrogen) atoms. The van der Waals surface area contributed by atoms with E-state index in [2.05, 4.69) is 26.0 Å². The fourth-order valence-electron chi connectivity index (χ4n) is 1.44. The largest absolute Gasteiger partial charge is 0.453 e. The van der Waals surface area contributed by atoms with Crippen LogP contribution in [0.4, 0.5) is 4.79 Å². The first kappa shape index (κ1) is 18.6. The molecule has 9 heteroatoms. The predicted molar refractivity (Wildman–Crippen MR) is 82.6 cm³/mol. The number of esters is 1. The summed E-state index contributed by atoms with van der Waals surface area (Å²) in [4.78, 5) is 45.8. The summed E-state index contributed by atoms with van der Waals surface area (Å²) in [5.41, 5.74) is 0.358. The summed E-state index contributed by atoms with van der Waals surface area (Å²) in [6, 6.07) is 6.69. The number of hydrogen-bond donors (Lipinski definition) is 2. The Bertz CT molecular complexity index is 619. The molecule has 0 bridgehead atoms. The molecule has 0 aliphatic heterocycles. The molecule has 1 atom stereocenters. The lowest BCUT2D eigenvalue weighted by molar-refractivity contribution is -0.153. The summed E-state index contributed by atoms with van der Waals surface area (Å²) in [5.74, 6) is -2.12. The fraction of sp³-hybridized carbons (Fsp3) is 0.286. The minimum Gasteiger partial charge on any atom is -0.453 e. The van der Waals surface area contributed by atoms with Crippen LogP contribution < -0.4 is 10.6 Å². The summed E-state index contributed by atoms with van der Waals surface area (Å²) in [7, 11) is 1.09. The first-order chi connectivity index (χ1) is 10.8. The Kier molecular flexibility index (Phi) is 7.20. The number of hydrogen-bond acceptors (Lipinski definition) is 6. The average molecular weight is 387 g/mol. The summed E-state index contributed by atoms with van der Waals surface area (Å²) >= 11 is 3.22. The van der Waals surface area contributed by atoms with E-state index in [1.165, 1.54) is 6.92 Å². The van der Waals surface area contributed by atoms with Crippen molar-refractivity contribution in [3.63, 3.8) is 0 Å². The van der Waals surface area contributed by atoms with Gasteiger partial charge >= 0.3 is 12.1 Å². The zero-order valence-electron chi connectivity index (χ0n) is 12.4. The Morgan fingerprint density at radius 1 is 1.22 bits per heavy atom. The van der Waals surface area contributed by atoms with Crippen LogP contribution in [-0.4, -0.2) is 43.6 Å². The van der Waals surface area contributed by atoms with Crippen LogP contribution in [0, 0.1) is 0 Å². The van der Waals surface area contributed by atoms with Crippen molar-refractivity contribution in [2.24, 2.45) is 0 Å². The Labute approximate surface area is 140 Å².